The van der Waals surface area contributed by atoms with Gasteiger partial charge in [0, 0.05) is 45.3 Å². The molecule has 0 aromatic rings. The number of ether oxygens (including phenoxy) is 1. The van der Waals surface area contributed by atoms with Crippen LogP contribution in [0.3, 0.4) is 0 Å². The highest BCUT2D eigenvalue weighted by molar-refractivity contribution is 5.80. The van der Waals surface area contributed by atoms with Crippen molar-refractivity contribution in [3.63, 3.8) is 0 Å². The minimum absolute atomic E-state index is 0.406. The highest BCUT2D eigenvalue weighted by Crippen LogP contribution is 2.20. The first-order valence-electron chi connectivity index (χ1n) is 9.34. The summed E-state index contributed by atoms with van der Waals surface area (Å²) in [7, 11) is 0. The summed E-state index contributed by atoms with van der Waals surface area (Å²) in [6.45, 7) is 17.1. The van der Waals surface area contributed by atoms with E-state index in [-0.39, 0.29) is 0 Å². The minimum Gasteiger partial charge on any atom is -0.379 e. The van der Waals surface area contributed by atoms with E-state index in [1.165, 1.54) is 19.3 Å². The molecular formula is C18H36N4O. The molecule has 5 nitrogen and oxygen atoms in total. The summed E-state index contributed by atoms with van der Waals surface area (Å²) < 4.78 is 5.47. The van der Waals surface area contributed by atoms with Crippen LogP contribution in [0.5, 0.6) is 0 Å². The van der Waals surface area contributed by atoms with Gasteiger partial charge >= 0.3 is 0 Å². The summed E-state index contributed by atoms with van der Waals surface area (Å²) in [4.78, 5) is 9.90. The average molecular weight is 325 g/mol. The van der Waals surface area contributed by atoms with Crippen molar-refractivity contribution in [2.45, 2.75) is 53.0 Å². The monoisotopic (exact) mass is 324 g/mol. The molecular weight excluding hydrogens is 288 g/mol. The van der Waals surface area contributed by atoms with Gasteiger partial charge in [0.15, 0.2) is 5.96 Å². The first-order chi connectivity index (χ1) is 11.0. The van der Waals surface area contributed by atoms with Crippen LogP contribution in [-0.4, -0.2) is 74.3 Å². The molecule has 23 heavy (non-hydrogen) atoms. The lowest BCUT2D eigenvalue weighted by Crippen LogP contribution is -2.46. The maximum atomic E-state index is 5.47. The lowest BCUT2D eigenvalue weighted by molar-refractivity contribution is 0.0195. The SMILES string of the molecule is CCNC(=NCCCC(C)(C)C)N1CCC(N2CCOCC2)C1. The summed E-state index contributed by atoms with van der Waals surface area (Å²) in [5.74, 6) is 1.11. The van der Waals surface area contributed by atoms with E-state index in [1.807, 2.05) is 0 Å². The molecule has 0 aromatic carbocycles. The number of guanidine groups is 1. The maximum Gasteiger partial charge on any atom is 0.193 e. The Balaban J connectivity index is 1.82. The Bertz CT molecular complexity index is 372. The molecule has 0 radical (unpaired) electrons. The molecule has 2 aliphatic rings. The zero-order chi connectivity index (χ0) is 16.7. The van der Waals surface area contributed by atoms with E-state index in [9.17, 15) is 0 Å². The van der Waals surface area contributed by atoms with Crippen LogP contribution in [0.25, 0.3) is 0 Å². The first kappa shape index (κ1) is 18.5. The van der Waals surface area contributed by atoms with Crippen LogP contribution in [0.15, 0.2) is 4.99 Å². The number of nitrogens with zero attached hydrogens (tertiary/aromatic N) is 3. The molecule has 0 aliphatic carbocycles. The van der Waals surface area contributed by atoms with E-state index < -0.39 is 0 Å². The van der Waals surface area contributed by atoms with Gasteiger partial charge < -0.3 is 15.0 Å². The van der Waals surface area contributed by atoms with Crippen LogP contribution in [0.2, 0.25) is 0 Å². The predicted molar refractivity (Wildman–Crippen MR) is 97.0 cm³/mol. The molecule has 1 atom stereocenters. The van der Waals surface area contributed by atoms with Crippen LogP contribution in [0.1, 0.15) is 47.0 Å². The van der Waals surface area contributed by atoms with Gasteiger partial charge in [-0.25, -0.2) is 0 Å². The number of rotatable bonds is 5. The van der Waals surface area contributed by atoms with Crippen molar-refractivity contribution in [1.82, 2.24) is 15.1 Å². The van der Waals surface area contributed by atoms with Gasteiger partial charge in [0.25, 0.3) is 0 Å². The summed E-state index contributed by atoms with van der Waals surface area (Å²) in [6, 6.07) is 0.664. The first-order valence-corrected chi connectivity index (χ1v) is 9.34. The third-order valence-electron chi connectivity index (χ3n) is 4.71. The quantitative estimate of drug-likeness (QED) is 0.478. The predicted octanol–water partition coefficient (Wildman–Crippen LogP) is 2.18. The summed E-state index contributed by atoms with van der Waals surface area (Å²) in [6.07, 6.45) is 3.64. The van der Waals surface area contributed by atoms with Gasteiger partial charge in [0.1, 0.15) is 0 Å². The van der Waals surface area contributed by atoms with Gasteiger partial charge in [0.2, 0.25) is 0 Å². The molecule has 0 aromatic heterocycles. The molecule has 0 saturated carbocycles. The van der Waals surface area contributed by atoms with Gasteiger partial charge in [-0.2, -0.15) is 0 Å². The fourth-order valence-electron chi connectivity index (χ4n) is 3.40. The van der Waals surface area contributed by atoms with Crippen LogP contribution >= 0.6 is 0 Å². The van der Waals surface area contributed by atoms with Crippen LogP contribution in [-0.2, 0) is 4.74 Å². The number of aliphatic imine (C=N–C) groups is 1. The second kappa shape index (κ2) is 8.88. The number of nitrogens with one attached hydrogen (secondary N) is 1. The molecule has 0 amide bonds. The Hall–Kier alpha value is -0.810. The van der Waals surface area contributed by atoms with E-state index in [1.54, 1.807) is 0 Å². The van der Waals surface area contributed by atoms with Crippen LogP contribution in [0.4, 0.5) is 0 Å². The van der Waals surface area contributed by atoms with Crippen LogP contribution < -0.4 is 5.32 Å². The largest absolute Gasteiger partial charge is 0.379 e. The zero-order valence-corrected chi connectivity index (χ0v) is 15.6. The molecule has 1 unspecified atom stereocenters. The van der Waals surface area contributed by atoms with E-state index >= 15 is 0 Å². The van der Waals surface area contributed by atoms with Crippen molar-refractivity contribution in [2.24, 2.45) is 10.4 Å². The number of hydrogen-bond donors (Lipinski definition) is 1. The molecule has 2 aliphatic heterocycles. The van der Waals surface area contributed by atoms with E-state index in [4.69, 9.17) is 9.73 Å². The van der Waals surface area contributed by atoms with Crippen molar-refractivity contribution in [3.05, 3.63) is 0 Å². The third-order valence-corrected chi connectivity index (χ3v) is 4.71. The zero-order valence-electron chi connectivity index (χ0n) is 15.6. The Kier molecular flexibility index (Phi) is 7.15. The topological polar surface area (TPSA) is 40.1 Å². The Morgan fingerprint density at radius 2 is 1.96 bits per heavy atom. The van der Waals surface area contributed by atoms with E-state index in [0.717, 1.165) is 58.4 Å². The van der Waals surface area contributed by atoms with Gasteiger partial charge in [0.05, 0.1) is 13.2 Å². The summed E-state index contributed by atoms with van der Waals surface area (Å²) >= 11 is 0. The normalized spacial score (nSPS) is 24.3. The smallest absolute Gasteiger partial charge is 0.193 e. The van der Waals surface area contributed by atoms with Gasteiger partial charge in [-0.15, -0.1) is 0 Å². The fraction of sp³-hybridized carbons (Fsp3) is 0.944. The van der Waals surface area contributed by atoms with E-state index in [0.29, 0.717) is 11.5 Å². The number of morpholine rings is 1. The van der Waals surface area contributed by atoms with Crippen molar-refractivity contribution < 1.29 is 4.74 Å². The third kappa shape index (κ3) is 6.30. The van der Waals surface area contributed by atoms with Crippen molar-refractivity contribution in [2.75, 3.05) is 52.5 Å². The number of likely N-dealkylation sites (tertiary alicyclic amines) is 1. The summed E-state index contributed by atoms with van der Waals surface area (Å²) in [5, 5.41) is 3.48. The van der Waals surface area contributed by atoms with Crippen molar-refractivity contribution in [1.29, 1.82) is 0 Å². The second-order valence-corrected chi connectivity index (χ2v) is 7.94. The highest BCUT2D eigenvalue weighted by atomic mass is 16.5. The molecule has 0 bridgehead atoms. The lowest BCUT2D eigenvalue weighted by Gasteiger charge is -2.32. The van der Waals surface area contributed by atoms with Gasteiger partial charge in [-0.3, -0.25) is 9.89 Å². The number of hydrogen-bond acceptors (Lipinski definition) is 3. The molecule has 2 saturated heterocycles. The Morgan fingerprint density at radius 1 is 1.22 bits per heavy atom. The second-order valence-electron chi connectivity index (χ2n) is 7.94. The molecule has 0 spiro atoms. The fourth-order valence-corrected chi connectivity index (χ4v) is 3.40. The van der Waals surface area contributed by atoms with Crippen molar-refractivity contribution >= 4 is 5.96 Å². The molecule has 134 valence electrons. The molecule has 2 rings (SSSR count). The Labute approximate surface area is 142 Å². The van der Waals surface area contributed by atoms with E-state index in [2.05, 4.69) is 42.8 Å². The van der Waals surface area contributed by atoms with Crippen molar-refractivity contribution in [3.8, 4) is 0 Å². The van der Waals surface area contributed by atoms with Gasteiger partial charge in [-0.05, 0) is 31.6 Å². The highest BCUT2D eigenvalue weighted by Gasteiger charge is 2.30. The molecule has 2 fully saturated rings. The molecule has 1 N–H and O–H groups in total. The summed E-state index contributed by atoms with van der Waals surface area (Å²) in [5.41, 5.74) is 0.406. The molecule has 5 heteroatoms. The Morgan fingerprint density at radius 3 is 2.61 bits per heavy atom. The van der Waals surface area contributed by atoms with Crippen LogP contribution in [0, 0.1) is 5.41 Å². The standard InChI is InChI=1S/C18H36N4O/c1-5-19-17(20-9-6-8-18(2,3)4)22-10-7-16(15-22)21-11-13-23-14-12-21/h16H,5-15H2,1-4H3,(H,19,20). The lowest BCUT2D eigenvalue weighted by atomic mass is 9.91. The maximum absolute atomic E-state index is 5.47. The van der Waals surface area contributed by atoms with Gasteiger partial charge in [-0.1, -0.05) is 20.8 Å². The molecule has 2 heterocycles. The minimum atomic E-state index is 0.406. The average Bonchev–Trinajstić information content (AvgIpc) is 3.00.